The molecule has 0 aliphatic heterocycles. The van der Waals surface area contributed by atoms with Crippen molar-refractivity contribution in [3.8, 4) is 5.75 Å². The van der Waals surface area contributed by atoms with Gasteiger partial charge in [0.25, 0.3) is 0 Å². The summed E-state index contributed by atoms with van der Waals surface area (Å²) in [6.07, 6.45) is 0. The molecule has 0 saturated heterocycles. The Bertz CT molecular complexity index is 564. The zero-order valence-electron chi connectivity index (χ0n) is 12.3. The number of aliphatic hydroxyl groups is 1. The Balaban J connectivity index is 2.12. The number of anilines is 1. The number of benzene rings is 2. The standard InChI is InChI=1S/C17H21NO2/c1-13-10-15(12-19)6-9-17(13)18(2)11-14-4-7-16(20-3)8-5-14/h4-10,19H,11-12H2,1-3H3. The Morgan fingerprint density at radius 1 is 1.05 bits per heavy atom. The van der Waals surface area contributed by atoms with E-state index in [0.717, 1.165) is 17.9 Å². The van der Waals surface area contributed by atoms with E-state index >= 15 is 0 Å². The van der Waals surface area contributed by atoms with Crippen molar-refractivity contribution in [2.45, 2.75) is 20.1 Å². The van der Waals surface area contributed by atoms with Crippen LogP contribution >= 0.6 is 0 Å². The maximum Gasteiger partial charge on any atom is 0.118 e. The Kier molecular flexibility index (Phi) is 4.64. The van der Waals surface area contributed by atoms with Crippen LogP contribution in [0.3, 0.4) is 0 Å². The van der Waals surface area contributed by atoms with E-state index in [-0.39, 0.29) is 6.61 Å². The molecule has 106 valence electrons. The van der Waals surface area contributed by atoms with Crippen molar-refractivity contribution in [2.24, 2.45) is 0 Å². The zero-order chi connectivity index (χ0) is 14.5. The molecule has 0 aliphatic carbocycles. The summed E-state index contributed by atoms with van der Waals surface area (Å²) in [5.41, 5.74) is 4.54. The summed E-state index contributed by atoms with van der Waals surface area (Å²) in [6.45, 7) is 2.99. The third-order valence-electron chi connectivity index (χ3n) is 3.43. The maximum absolute atomic E-state index is 9.15. The van der Waals surface area contributed by atoms with Gasteiger partial charge in [-0.05, 0) is 41.8 Å². The van der Waals surface area contributed by atoms with E-state index in [0.29, 0.717) is 0 Å². The summed E-state index contributed by atoms with van der Waals surface area (Å²) in [6, 6.07) is 14.2. The fourth-order valence-corrected chi connectivity index (χ4v) is 2.33. The van der Waals surface area contributed by atoms with Gasteiger partial charge in [0.15, 0.2) is 0 Å². The van der Waals surface area contributed by atoms with Gasteiger partial charge in [0.2, 0.25) is 0 Å². The van der Waals surface area contributed by atoms with Crippen LogP contribution in [-0.2, 0) is 13.2 Å². The van der Waals surface area contributed by atoms with E-state index in [9.17, 15) is 0 Å². The number of rotatable bonds is 5. The lowest BCUT2D eigenvalue weighted by Gasteiger charge is -2.22. The maximum atomic E-state index is 9.15. The van der Waals surface area contributed by atoms with Crippen molar-refractivity contribution in [1.29, 1.82) is 0 Å². The average molecular weight is 271 g/mol. The summed E-state index contributed by atoms with van der Waals surface area (Å²) < 4.78 is 5.17. The molecule has 0 heterocycles. The van der Waals surface area contributed by atoms with Crippen molar-refractivity contribution >= 4 is 5.69 Å². The first-order valence-electron chi connectivity index (χ1n) is 6.68. The molecular formula is C17H21NO2. The van der Waals surface area contributed by atoms with Crippen molar-refractivity contribution in [2.75, 3.05) is 19.1 Å². The molecule has 0 fully saturated rings. The number of ether oxygens (including phenoxy) is 1. The highest BCUT2D eigenvalue weighted by molar-refractivity contribution is 5.54. The number of aryl methyl sites for hydroxylation is 1. The number of hydrogen-bond donors (Lipinski definition) is 1. The lowest BCUT2D eigenvalue weighted by Crippen LogP contribution is -2.17. The molecule has 0 atom stereocenters. The first-order valence-corrected chi connectivity index (χ1v) is 6.68. The Morgan fingerprint density at radius 3 is 2.25 bits per heavy atom. The lowest BCUT2D eigenvalue weighted by atomic mass is 10.1. The van der Waals surface area contributed by atoms with E-state index in [2.05, 4.69) is 37.1 Å². The second-order valence-electron chi connectivity index (χ2n) is 4.98. The van der Waals surface area contributed by atoms with Crippen LogP contribution in [0.2, 0.25) is 0 Å². The topological polar surface area (TPSA) is 32.7 Å². The molecule has 2 aromatic rings. The van der Waals surface area contributed by atoms with Crippen LogP contribution in [0.5, 0.6) is 5.75 Å². The van der Waals surface area contributed by atoms with Gasteiger partial charge in [0.05, 0.1) is 13.7 Å². The van der Waals surface area contributed by atoms with Gasteiger partial charge in [-0.2, -0.15) is 0 Å². The second kappa shape index (κ2) is 6.44. The molecule has 0 unspecified atom stereocenters. The molecule has 20 heavy (non-hydrogen) atoms. The third kappa shape index (κ3) is 3.31. The number of aliphatic hydroxyl groups excluding tert-OH is 1. The summed E-state index contributed by atoms with van der Waals surface area (Å²) in [7, 11) is 3.75. The molecule has 0 bridgehead atoms. The van der Waals surface area contributed by atoms with Gasteiger partial charge in [0.1, 0.15) is 5.75 Å². The van der Waals surface area contributed by atoms with E-state index in [1.54, 1.807) is 7.11 Å². The minimum atomic E-state index is 0.0866. The van der Waals surface area contributed by atoms with Crippen LogP contribution in [0.4, 0.5) is 5.69 Å². The highest BCUT2D eigenvalue weighted by Gasteiger charge is 2.06. The Labute approximate surface area is 120 Å². The van der Waals surface area contributed by atoms with Gasteiger partial charge in [-0.25, -0.2) is 0 Å². The monoisotopic (exact) mass is 271 g/mol. The van der Waals surface area contributed by atoms with Crippen LogP contribution in [0.1, 0.15) is 16.7 Å². The molecule has 0 spiro atoms. The predicted octanol–water partition coefficient (Wildman–Crippen LogP) is 3.13. The zero-order valence-corrected chi connectivity index (χ0v) is 12.3. The van der Waals surface area contributed by atoms with Gasteiger partial charge in [-0.1, -0.05) is 24.3 Å². The minimum Gasteiger partial charge on any atom is -0.497 e. The molecule has 0 aliphatic rings. The average Bonchev–Trinajstić information content (AvgIpc) is 2.47. The molecule has 2 aromatic carbocycles. The van der Waals surface area contributed by atoms with Crippen molar-refractivity contribution in [3.63, 3.8) is 0 Å². The quantitative estimate of drug-likeness (QED) is 0.907. The molecule has 3 heteroatoms. The fraction of sp³-hybridized carbons (Fsp3) is 0.294. The predicted molar refractivity (Wildman–Crippen MR) is 82.2 cm³/mol. The summed E-state index contributed by atoms with van der Waals surface area (Å²) in [5.74, 6) is 0.875. The van der Waals surface area contributed by atoms with Gasteiger partial charge >= 0.3 is 0 Å². The van der Waals surface area contributed by atoms with Crippen LogP contribution in [0.25, 0.3) is 0 Å². The van der Waals surface area contributed by atoms with Crippen LogP contribution in [0, 0.1) is 6.92 Å². The van der Waals surface area contributed by atoms with E-state index in [4.69, 9.17) is 9.84 Å². The van der Waals surface area contributed by atoms with Crippen LogP contribution < -0.4 is 9.64 Å². The SMILES string of the molecule is COc1ccc(CN(C)c2ccc(CO)cc2C)cc1. The summed E-state index contributed by atoms with van der Waals surface area (Å²) >= 11 is 0. The van der Waals surface area contributed by atoms with Gasteiger partial charge in [0, 0.05) is 19.3 Å². The highest BCUT2D eigenvalue weighted by atomic mass is 16.5. The van der Waals surface area contributed by atoms with E-state index in [1.807, 2.05) is 24.3 Å². The third-order valence-corrected chi connectivity index (χ3v) is 3.43. The number of hydrogen-bond acceptors (Lipinski definition) is 3. The first-order chi connectivity index (χ1) is 9.63. The molecule has 2 rings (SSSR count). The molecule has 0 saturated carbocycles. The van der Waals surface area contributed by atoms with Crippen LogP contribution in [-0.4, -0.2) is 19.3 Å². The van der Waals surface area contributed by atoms with Gasteiger partial charge < -0.3 is 14.7 Å². The van der Waals surface area contributed by atoms with Crippen molar-refractivity contribution < 1.29 is 9.84 Å². The van der Waals surface area contributed by atoms with E-state index < -0.39 is 0 Å². The van der Waals surface area contributed by atoms with Gasteiger partial charge in [-0.3, -0.25) is 0 Å². The molecule has 0 amide bonds. The molecular weight excluding hydrogens is 250 g/mol. The lowest BCUT2D eigenvalue weighted by molar-refractivity contribution is 0.282. The fourth-order valence-electron chi connectivity index (χ4n) is 2.33. The summed E-state index contributed by atoms with van der Waals surface area (Å²) in [5, 5.41) is 9.15. The number of methoxy groups -OCH3 is 1. The molecule has 0 aromatic heterocycles. The Hall–Kier alpha value is -2.00. The smallest absolute Gasteiger partial charge is 0.118 e. The molecule has 0 radical (unpaired) electrons. The number of nitrogens with zero attached hydrogens (tertiary/aromatic N) is 1. The summed E-state index contributed by atoms with van der Waals surface area (Å²) in [4.78, 5) is 2.21. The first kappa shape index (κ1) is 14.4. The minimum absolute atomic E-state index is 0.0866. The van der Waals surface area contributed by atoms with Gasteiger partial charge in [-0.15, -0.1) is 0 Å². The van der Waals surface area contributed by atoms with Crippen molar-refractivity contribution in [1.82, 2.24) is 0 Å². The van der Waals surface area contributed by atoms with Crippen LogP contribution in [0.15, 0.2) is 42.5 Å². The largest absolute Gasteiger partial charge is 0.497 e. The molecule has 1 N–H and O–H groups in total. The van der Waals surface area contributed by atoms with E-state index in [1.165, 1.54) is 16.8 Å². The highest BCUT2D eigenvalue weighted by Crippen LogP contribution is 2.22. The second-order valence-corrected chi connectivity index (χ2v) is 4.98. The van der Waals surface area contributed by atoms with Crippen molar-refractivity contribution in [3.05, 3.63) is 59.2 Å². The normalized spacial score (nSPS) is 10.4. The molecule has 3 nitrogen and oxygen atoms in total. The Morgan fingerprint density at radius 2 is 1.70 bits per heavy atom.